The van der Waals surface area contributed by atoms with Crippen LogP contribution in [-0.2, 0) is 10.5 Å². The van der Waals surface area contributed by atoms with Crippen LogP contribution in [0, 0.1) is 5.82 Å². The average molecular weight is 288 g/mol. The Morgan fingerprint density at radius 1 is 1.44 bits per heavy atom. The third-order valence-corrected chi connectivity index (χ3v) is 2.87. The molecule has 0 bridgehead atoms. The van der Waals surface area contributed by atoms with Crippen LogP contribution in [0.1, 0.15) is 26.3 Å². The van der Waals surface area contributed by atoms with Gasteiger partial charge in [0.2, 0.25) is 0 Å². The van der Waals surface area contributed by atoms with Gasteiger partial charge < -0.3 is 4.74 Å². The molecule has 1 aromatic rings. The number of hydrogen-bond acceptors (Lipinski definition) is 2. The summed E-state index contributed by atoms with van der Waals surface area (Å²) in [6.45, 7) is 6.62. The Bertz CT molecular complexity index is 410. The van der Waals surface area contributed by atoms with Crippen molar-refractivity contribution in [2.45, 2.75) is 32.0 Å². The van der Waals surface area contributed by atoms with Crippen molar-refractivity contribution in [2.24, 2.45) is 0 Å². The van der Waals surface area contributed by atoms with Crippen LogP contribution in [-0.4, -0.2) is 12.1 Å². The standard InChI is InChI=1S/C12H15BrFNO/c1-11(2,3)15-12(7-16-12)9-5-4-8(13)6-10(9)14/h4-6,15H,7H2,1-3H3. The smallest absolute Gasteiger partial charge is 0.172 e. The first-order valence-corrected chi connectivity index (χ1v) is 6.01. The lowest BCUT2D eigenvalue weighted by atomic mass is 10.0. The van der Waals surface area contributed by atoms with Gasteiger partial charge in [-0.25, -0.2) is 4.39 Å². The van der Waals surface area contributed by atoms with Crippen molar-refractivity contribution in [3.63, 3.8) is 0 Å². The largest absolute Gasteiger partial charge is 0.349 e. The second-order valence-electron chi connectivity index (χ2n) is 5.11. The zero-order valence-electron chi connectivity index (χ0n) is 9.60. The van der Waals surface area contributed by atoms with Crippen molar-refractivity contribution in [1.29, 1.82) is 0 Å². The minimum absolute atomic E-state index is 0.115. The van der Waals surface area contributed by atoms with Crippen molar-refractivity contribution >= 4 is 15.9 Å². The van der Waals surface area contributed by atoms with E-state index in [1.807, 2.05) is 26.8 Å². The van der Waals surface area contributed by atoms with E-state index in [9.17, 15) is 4.39 Å². The fraction of sp³-hybridized carbons (Fsp3) is 0.500. The van der Waals surface area contributed by atoms with Gasteiger partial charge in [-0.05, 0) is 32.9 Å². The number of hydrogen-bond donors (Lipinski definition) is 1. The van der Waals surface area contributed by atoms with E-state index in [-0.39, 0.29) is 11.4 Å². The van der Waals surface area contributed by atoms with Gasteiger partial charge in [0.1, 0.15) is 5.82 Å². The maximum atomic E-state index is 13.8. The predicted octanol–water partition coefficient (Wildman–Crippen LogP) is 3.16. The second-order valence-corrected chi connectivity index (χ2v) is 6.03. The molecule has 16 heavy (non-hydrogen) atoms. The van der Waals surface area contributed by atoms with Gasteiger partial charge in [-0.3, -0.25) is 5.32 Å². The summed E-state index contributed by atoms with van der Waals surface area (Å²) in [6, 6.07) is 5.04. The number of ether oxygens (including phenoxy) is 1. The summed E-state index contributed by atoms with van der Waals surface area (Å²) < 4.78 is 20.0. The van der Waals surface area contributed by atoms with Crippen molar-refractivity contribution in [2.75, 3.05) is 6.61 Å². The molecule has 0 aromatic heterocycles. The average Bonchev–Trinajstić information content (AvgIpc) is 2.81. The molecule has 1 N–H and O–H groups in total. The normalized spacial score (nSPS) is 24.6. The van der Waals surface area contributed by atoms with Crippen LogP contribution in [0.3, 0.4) is 0 Å². The first-order valence-electron chi connectivity index (χ1n) is 5.21. The van der Waals surface area contributed by atoms with E-state index in [0.717, 1.165) is 4.47 Å². The molecule has 2 nitrogen and oxygen atoms in total. The van der Waals surface area contributed by atoms with Crippen LogP contribution in [0.25, 0.3) is 0 Å². The fourth-order valence-electron chi connectivity index (χ4n) is 1.79. The van der Waals surface area contributed by atoms with Crippen LogP contribution in [0.4, 0.5) is 4.39 Å². The SMILES string of the molecule is CC(C)(C)NC1(c2ccc(Br)cc2F)CO1. The minimum Gasteiger partial charge on any atom is -0.349 e. The van der Waals surface area contributed by atoms with E-state index in [1.54, 1.807) is 6.07 Å². The maximum absolute atomic E-state index is 13.8. The maximum Gasteiger partial charge on any atom is 0.172 e. The molecule has 1 saturated heterocycles. The Morgan fingerprint density at radius 2 is 2.06 bits per heavy atom. The van der Waals surface area contributed by atoms with Gasteiger partial charge in [-0.2, -0.15) is 0 Å². The van der Waals surface area contributed by atoms with Crippen LogP contribution in [0.2, 0.25) is 0 Å². The first kappa shape index (κ1) is 12.0. The molecular weight excluding hydrogens is 273 g/mol. The van der Waals surface area contributed by atoms with Gasteiger partial charge >= 0.3 is 0 Å². The third-order valence-electron chi connectivity index (χ3n) is 2.38. The first-order chi connectivity index (χ1) is 7.32. The molecule has 1 aliphatic heterocycles. The zero-order valence-corrected chi connectivity index (χ0v) is 11.2. The van der Waals surface area contributed by atoms with E-state index in [0.29, 0.717) is 12.2 Å². The summed E-state index contributed by atoms with van der Waals surface area (Å²) in [5.41, 5.74) is -0.176. The van der Waals surface area contributed by atoms with Gasteiger partial charge in [0.05, 0.1) is 6.61 Å². The number of halogens is 2. The number of nitrogens with one attached hydrogen (secondary N) is 1. The van der Waals surface area contributed by atoms with Crippen LogP contribution >= 0.6 is 15.9 Å². The molecule has 1 fully saturated rings. The molecule has 1 atom stereocenters. The lowest BCUT2D eigenvalue weighted by molar-refractivity contribution is 0.201. The van der Waals surface area contributed by atoms with Gasteiger partial charge in [-0.15, -0.1) is 0 Å². The molecule has 0 saturated carbocycles. The minimum atomic E-state index is -0.636. The highest BCUT2D eigenvalue weighted by Gasteiger charge is 2.50. The Hall–Kier alpha value is -0.450. The van der Waals surface area contributed by atoms with Crippen molar-refractivity contribution in [3.05, 3.63) is 34.1 Å². The van der Waals surface area contributed by atoms with Gasteiger partial charge in [-0.1, -0.05) is 22.0 Å². The summed E-state index contributed by atoms with van der Waals surface area (Å²) >= 11 is 3.24. The monoisotopic (exact) mass is 287 g/mol. The second kappa shape index (κ2) is 3.79. The van der Waals surface area contributed by atoms with E-state index in [2.05, 4.69) is 21.2 Å². The molecule has 4 heteroatoms. The molecule has 0 radical (unpaired) electrons. The number of rotatable bonds is 2. The van der Waals surface area contributed by atoms with Crippen molar-refractivity contribution in [3.8, 4) is 0 Å². The molecule has 0 aliphatic carbocycles. The Labute approximate surface area is 103 Å². The fourth-order valence-corrected chi connectivity index (χ4v) is 2.12. The van der Waals surface area contributed by atoms with E-state index < -0.39 is 5.72 Å². The lowest BCUT2D eigenvalue weighted by Crippen LogP contribution is -2.45. The molecule has 1 heterocycles. The van der Waals surface area contributed by atoms with Crippen LogP contribution in [0.15, 0.2) is 22.7 Å². The van der Waals surface area contributed by atoms with E-state index in [4.69, 9.17) is 4.74 Å². The Morgan fingerprint density at radius 3 is 2.50 bits per heavy atom. The molecule has 0 spiro atoms. The molecule has 0 amide bonds. The number of epoxide rings is 1. The van der Waals surface area contributed by atoms with E-state index >= 15 is 0 Å². The van der Waals surface area contributed by atoms with Crippen molar-refractivity contribution in [1.82, 2.24) is 5.32 Å². The number of benzene rings is 1. The highest BCUT2D eigenvalue weighted by Crippen LogP contribution is 2.39. The predicted molar refractivity (Wildman–Crippen MR) is 64.6 cm³/mol. The third kappa shape index (κ3) is 2.44. The van der Waals surface area contributed by atoms with Gasteiger partial charge in [0, 0.05) is 15.6 Å². The zero-order chi connectivity index (χ0) is 12.0. The van der Waals surface area contributed by atoms with Crippen molar-refractivity contribution < 1.29 is 9.13 Å². The summed E-state index contributed by atoms with van der Waals surface area (Å²) in [4.78, 5) is 0. The van der Waals surface area contributed by atoms with E-state index in [1.165, 1.54) is 6.07 Å². The van der Waals surface area contributed by atoms with Gasteiger partial charge in [0.15, 0.2) is 5.72 Å². The summed E-state index contributed by atoms with van der Waals surface area (Å²) in [6.07, 6.45) is 0. The topological polar surface area (TPSA) is 24.6 Å². The summed E-state index contributed by atoms with van der Waals surface area (Å²) in [5.74, 6) is -0.247. The lowest BCUT2D eigenvalue weighted by Gasteiger charge is -2.26. The highest BCUT2D eigenvalue weighted by atomic mass is 79.9. The van der Waals surface area contributed by atoms with Gasteiger partial charge in [0.25, 0.3) is 0 Å². The molecule has 1 unspecified atom stereocenters. The Balaban J connectivity index is 2.30. The Kier molecular flexibility index (Phi) is 2.85. The molecule has 2 rings (SSSR count). The summed E-state index contributed by atoms with van der Waals surface area (Å²) in [5, 5.41) is 3.31. The molecular formula is C12H15BrFNO. The van der Waals surface area contributed by atoms with Crippen LogP contribution < -0.4 is 5.32 Å². The summed E-state index contributed by atoms with van der Waals surface area (Å²) in [7, 11) is 0. The van der Waals surface area contributed by atoms with Crippen LogP contribution in [0.5, 0.6) is 0 Å². The highest BCUT2D eigenvalue weighted by molar-refractivity contribution is 9.10. The molecule has 1 aromatic carbocycles. The molecule has 1 aliphatic rings. The molecule has 88 valence electrons. The quantitative estimate of drug-likeness (QED) is 0.845.